The maximum atomic E-state index is 13.6. The minimum absolute atomic E-state index is 0.166. The van der Waals surface area contributed by atoms with Crippen LogP contribution in [0.1, 0.15) is 61.4 Å². The summed E-state index contributed by atoms with van der Waals surface area (Å²) in [7, 11) is 0. The zero-order valence-corrected chi connectivity index (χ0v) is 16.4. The molecule has 150 valence electrons. The fraction of sp³-hybridized carbons (Fsp3) is 0.524. The number of pyridine rings is 1. The van der Waals surface area contributed by atoms with E-state index in [4.69, 9.17) is 4.52 Å². The number of nitrogens with one attached hydrogen (secondary N) is 1. The molecule has 2 N–H and O–H groups in total. The summed E-state index contributed by atoms with van der Waals surface area (Å²) in [5, 5.41) is 16.0. The van der Waals surface area contributed by atoms with Crippen molar-refractivity contribution in [3.05, 3.63) is 35.0 Å². The van der Waals surface area contributed by atoms with E-state index in [1.165, 1.54) is 0 Å². The number of aromatic nitrogens is 3. The zero-order valence-electron chi connectivity index (χ0n) is 16.4. The third-order valence-electron chi connectivity index (χ3n) is 5.95. The molecule has 28 heavy (non-hydrogen) atoms. The largest absolute Gasteiger partial charge is 0.388 e. The first kappa shape index (κ1) is 19.1. The second kappa shape index (κ2) is 6.95. The van der Waals surface area contributed by atoms with E-state index in [2.05, 4.69) is 15.1 Å². The van der Waals surface area contributed by atoms with E-state index in [0.717, 1.165) is 33.5 Å². The molecule has 0 aromatic carbocycles. The molecule has 7 heteroatoms. The summed E-state index contributed by atoms with van der Waals surface area (Å²) in [6.45, 7) is 5.74. The first-order chi connectivity index (χ1) is 13.3. The van der Waals surface area contributed by atoms with Gasteiger partial charge in [-0.3, -0.25) is 0 Å². The second-order valence-electron chi connectivity index (χ2n) is 7.83. The molecule has 1 aliphatic carbocycles. The maximum absolute atomic E-state index is 13.6. The number of H-pyrrole nitrogens is 1. The molecule has 0 aliphatic heterocycles. The first-order valence-corrected chi connectivity index (χ1v) is 9.80. The molecule has 0 bridgehead atoms. The van der Waals surface area contributed by atoms with Crippen LogP contribution in [0.15, 0.2) is 16.8 Å². The molecule has 3 aromatic heterocycles. The van der Waals surface area contributed by atoms with Gasteiger partial charge < -0.3 is 14.6 Å². The molecule has 1 saturated carbocycles. The molecule has 1 unspecified atom stereocenters. The molecule has 0 radical (unpaired) electrons. The van der Waals surface area contributed by atoms with E-state index < -0.39 is 12.0 Å². The van der Waals surface area contributed by atoms with Crippen LogP contribution in [0.25, 0.3) is 22.2 Å². The van der Waals surface area contributed by atoms with Gasteiger partial charge in [0.05, 0.1) is 11.8 Å². The number of halogens is 2. The number of aliphatic hydroxyl groups is 1. The summed E-state index contributed by atoms with van der Waals surface area (Å²) in [5.74, 6) is -2.07. The lowest BCUT2D eigenvalue weighted by Gasteiger charge is -2.31. The average molecular weight is 389 g/mol. The van der Waals surface area contributed by atoms with Gasteiger partial charge in [0.15, 0.2) is 0 Å². The number of aliphatic hydroxyl groups excluding tert-OH is 1. The van der Waals surface area contributed by atoms with Crippen LogP contribution in [0.3, 0.4) is 0 Å². The van der Waals surface area contributed by atoms with Gasteiger partial charge in [-0.15, -0.1) is 0 Å². The van der Waals surface area contributed by atoms with Gasteiger partial charge in [-0.2, -0.15) is 0 Å². The Morgan fingerprint density at radius 2 is 2.04 bits per heavy atom. The molecule has 4 rings (SSSR count). The number of aryl methyl sites for hydroxylation is 3. The molecule has 0 amide bonds. The molecule has 1 atom stereocenters. The molecule has 0 saturated heterocycles. The molecule has 3 heterocycles. The van der Waals surface area contributed by atoms with Crippen molar-refractivity contribution in [2.45, 2.75) is 64.9 Å². The van der Waals surface area contributed by atoms with E-state index in [9.17, 15) is 13.9 Å². The predicted molar refractivity (Wildman–Crippen MR) is 102 cm³/mol. The van der Waals surface area contributed by atoms with Gasteiger partial charge >= 0.3 is 0 Å². The van der Waals surface area contributed by atoms with Crippen LogP contribution in [0.4, 0.5) is 8.78 Å². The number of alkyl halides is 2. The molecule has 1 fully saturated rings. The normalized spacial score (nSPS) is 18.6. The van der Waals surface area contributed by atoms with Gasteiger partial charge in [-0.1, -0.05) is 12.1 Å². The van der Waals surface area contributed by atoms with Crippen molar-refractivity contribution in [2.24, 2.45) is 5.92 Å². The van der Waals surface area contributed by atoms with Gasteiger partial charge in [-0.25, -0.2) is 13.8 Å². The molecular formula is C21H25F2N3O2. The minimum Gasteiger partial charge on any atom is -0.388 e. The van der Waals surface area contributed by atoms with Crippen LogP contribution in [0.5, 0.6) is 0 Å². The van der Waals surface area contributed by atoms with Crippen molar-refractivity contribution >= 4 is 11.0 Å². The van der Waals surface area contributed by atoms with Crippen LogP contribution in [0, 0.1) is 19.8 Å². The Bertz CT molecular complexity index is 979. The monoisotopic (exact) mass is 389 g/mol. The third kappa shape index (κ3) is 3.21. The van der Waals surface area contributed by atoms with Crippen LogP contribution < -0.4 is 0 Å². The Kier molecular flexibility index (Phi) is 4.73. The molecule has 0 spiro atoms. The van der Waals surface area contributed by atoms with Crippen LogP contribution >= 0.6 is 0 Å². The lowest BCUT2D eigenvalue weighted by atomic mass is 9.80. The van der Waals surface area contributed by atoms with Gasteiger partial charge in [0.1, 0.15) is 11.4 Å². The Hall–Kier alpha value is -2.28. The summed E-state index contributed by atoms with van der Waals surface area (Å²) in [6, 6.07) is 1.99. The number of hydrogen-bond acceptors (Lipinski definition) is 4. The van der Waals surface area contributed by atoms with Crippen LogP contribution in [-0.4, -0.2) is 26.2 Å². The van der Waals surface area contributed by atoms with Crippen molar-refractivity contribution in [1.29, 1.82) is 0 Å². The number of hydrogen-bond donors (Lipinski definition) is 2. The number of aromatic amines is 1. The van der Waals surface area contributed by atoms with Gasteiger partial charge in [0.25, 0.3) is 0 Å². The molecule has 5 nitrogen and oxygen atoms in total. The topological polar surface area (TPSA) is 74.9 Å². The standard InChI is InChI=1S/C21H25F2N3O2/c1-4-16-18(19(27)13-5-7-21(22,23)8-6-13)15-9-14(10-24-20(15)25-16)17-11(2)26-28-12(17)3/h9-10,13,19,27H,4-8H2,1-3H3,(H,24,25). The smallest absolute Gasteiger partial charge is 0.248 e. The summed E-state index contributed by atoms with van der Waals surface area (Å²) >= 11 is 0. The summed E-state index contributed by atoms with van der Waals surface area (Å²) < 4.78 is 32.4. The number of fused-ring (bicyclic) bond motifs is 1. The Balaban J connectivity index is 1.77. The quantitative estimate of drug-likeness (QED) is 0.639. The zero-order chi connectivity index (χ0) is 20.1. The van der Waals surface area contributed by atoms with E-state index in [-0.39, 0.29) is 18.8 Å². The highest BCUT2D eigenvalue weighted by molar-refractivity contribution is 5.87. The van der Waals surface area contributed by atoms with E-state index in [1.54, 1.807) is 6.20 Å². The fourth-order valence-electron chi connectivity index (χ4n) is 4.40. The molecule has 1 aliphatic rings. The second-order valence-corrected chi connectivity index (χ2v) is 7.83. The summed E-state index contributed by atoms with van der Waals surface area (Å²) in [5.41, 5.74) is 4.93. The highest BCUT2D eigenvalue weighted by Gasteiger charge is 2.38. The lowest BCUT2D eigenvalue weighted by Crippen LogP contribution is -2.28. The molecule has 3 aromatic rings. The lowest BCUT2D eigenvalue weighted by molar-refractivity contribution is -0.0626. The van der Waals surface area contributed by atoms with E-state index in [0.29, 0.717) is 30.7 Å². The van der Waals surface area contributed by atoms with E-state index >= 15 is 0 Å². The van der Waals surface area contributed by atoms with Crippen molar-refractivity contribution in [2.75, 3.05) is 0 Å². The van der Waals surface area contributed by atoms with Crippen molar-refractivity contribution in [3.8, 4) is 11.1 Å². The SMILES string of the molecule is CCc1[nH]c2ncc(-c3c(C)noc3C)cc2c1C(O)C1CCC(F)(F)CC1. The van der Waals surface area contributed by atoms with Crippen molar-refractivity contribution in [1.82, 2.24) is 15.1 Å². The Morgan fingerprint density at radius 3 is 2.64 bits per heavy atom. The van der Waals surface area contributed by atoms with Gasteiger partial charge in [0.2, 0.25) is 5.92 Å². The van der Waals surface area contributed by atoms with Crippen molar-refractivity contribution in [3.63, 3.8) is 0 Å². The minimum atomic E-state index is -2.61. The predicted octanol–water partition coefficient (Wildman–Crippen LogP) is 5.26. The molecular weight excluding hydrogens is 364 g/mol. The fourth-order valence-corrected chi connectivity index (χ4v) is 4.40. The maximum Gasteiger partial charge on any atom is 0.248 e. The Labute approximate surface area is 162 Å². The van der Waals surface area contributed by atoms with Gasteiger partial charge in [-0.05, 0) is 45.1 Å². The first-order valence-electron chi connectivity index (χ1n) is 9.80. The average Bonchev–Trinajstić information content (AvgIpc) is 3.20. The number of nitrogens with zero attached hydrogens (tertiary/aromatic N) is 2. The van der Waals surface area contributed by atoms with Crippen molar-refractivity contribution < 1.29 is 18.4 Å². The Morgan fingerprint density at radius 1 is 1.32 bits per heavy atom. The van der Waals surface area contributed by atoms with Gasteiger partial charge in [0, 0.05) is 46.8 Å². The summed E-state index contributed by atoms with van der Waals surface area (Å²) in [6.07, 6.45) is 1.99. The van der Waals surface area contributed by atoms with E-state index in [1.807, 2.05) is 26.8 Å². The highest BCUT2D eigenvalue weighted by Crippen LogP contribution is 2.44. The van der Waals surface area contributed by atoms with Crippen LogP contribution in [0.2, 0.25) is 0 Å². The number of rotatable bonds is 4. The highest BCUT2D eigenvalue weighted by atomic mass is 19.3. The van der Waals surface area contributed by atoms with Crippen LogP contribution in [-0.2, 0) is 6.42 Å². The third-order valence-corrected chi connectivity index (χ3v) is 5.95. The summed E-state index contributed by atoms with van der Waals surface area (Å²) in [4.78, 5) is 7.84.